The van der Waals surface area contributed by atoms with E-state index in [2.05, 4.69) is 5.32 Å². The molecule has 0 aliphatic rings. The van der Waals surface area contributed by atoms with Gasteiger partial charge in [0.2, 0.25) is 0 Å². The van der Waals surface area contributed by atoms with Crippen molar-refractivity contribution in [1.82, 2.24) is 5.32 Å². The number of amides is 1. The molecule has 116 valence electrons. The highest BCUT2D eigenvalue weighted by Gasteiger charge is 2.14. The van der Waals surface area contributed by atoms with E-state index in [4.69, 9.17) is 26.2 Å². The Morgan fingerprint density at radius 1 is 1.43 bits per heavy atom. The van der Waals surface area contributed by atoms with Crippen LogP contribution >= 0.6 is 11.6 Å². The fourth-order valence-electron chi connectivity index (χ4n) is 1.50. The number of carbonyl (C=O) groups is 2. The Balaban J connectivity index is 2.33. The molecule has 0 aliphatic heterocycles. The summed E-state index contributed by atoms with van der Waals surface area (Å²) in [6, 6.07) is 5.15. The predicted octanol–water partition coefficient (Wildman–Crippen LogP) is 1.63. The summed E-state index contributed by atoms with van der Waals surface area (Å²) < 4.78 is 10.3. The molecule has 0 heterocycles. The third-order valence-corrected chi connectivity index (χ3v) is 3.01. The topological polar surface area (TPSA) is 84.9 Å². The maximum atomic E-state index is 11.8. The number of rotatable bonds is 8. The maximum Gasteiger partial charge on any atom is 0.329 e. The first-order chi connectivity index (χ1) is 9.90. The Kier molecular flexibility index (Phi) is 6.98. The quantitative estimate of drug-likeness (QED) is 0.712. The van der Waals surface area contributed by atoms with E-state index in [9.17, 15) is 9.59 Å². The average Bonchev–Trinajstić information content (AvgIpc) is 2.42. The number of hydrogen-bond donors (Lipinski definition) is 2. The zero-order valence-corrected chi connectivity index (χ0v) is 12.6. The van der Waals surface area contributed by atoms with E-state index in [0.29, 0.717) is 10.8 Å². The molecule has 0 aliphatic carbocycles. The smallest absolute Gasteiger partial charge is 0.329 e. The van der Waals surface area contributed by atoms with Crippen LogP contribution in [-0.2, 0) is 14.3 Å². The van der Waals surface area contributed by atoms with Crippen LogP contribution in [0, 0.1) is 6.92 Å². The SMILES string of the molecule is Cc1cc(OC(C)C(=O)NCCOCC(=O)O)ccc1Cl. The van der Waals surface area contributed by atoms with Gasteiger partial charge in [0.05, 0.1) is 6.61 Å². The lowest BCUT2D eigenvalue weighted by atomic mass is 10.2. The molecule has 1 unspecified atom stereocenters. The number of ether oxygens (including phenoxy) is 2. The number of nitrogens with one attached hydrogen (secondary N) is 1. The summed E-state index contributed by atoms with van der Waals surface area (Å²) in [6.45, 7) is 3.44. The van der Waals surface area contributed by atoms with Crippen molar-refractivity contribution in [3.8, 4) is 5.75 Å². The summed E-state index contributed by atoms with van der Waals surface area (Å²) in [4.78, 5) is 22.0. The van der Waals surface area contributed by atoms with Gasteiger partial charge in [-0.15, -0.1) is 0 Å². The Morgan fingerprint density at radius 2 is 2.14 bits per heavy atom. The minimum Gasteiger partial charge on any atom is -0.481 e. The van der Waals surface area contributed by atoms with E-state index in [1.54, 1.807) is 25.1 Å². The van der Waals surface area contributed by atoms with Crippen LogP contribution < -0.4 is 10.1 Å². The van der Waals surface area contributed by atoms with Crippen LogP contribution in [0.2, 0.25) is 5.02 Å². The van der Waals surface area contributed by atoms with Crippen LogP contribution in [-0.4, -0.2) is 42.8 Å². The molecule has 0 fully saturated rings. The monoisotopic (exact) mass is 315 g/mol. The van der Waals surface area contributed by atoms with Gasteiger partial charge in [0.1, 0.15) is 12.4 Å². The molecule has 1 atom stereocenters. The van der Waals surface area contributed by atoms with Gasteiger partial charge in [-0.3, -0.25) is 4.79 Å². The highest BCUT2D eigenvalue weighted by atomic mass is 35.5. The first kappa shape index (κ1) is 17.3. The molecule has 0 bridgehead atoms. The summed E-state index contributed by atoms with van der Waals surface area (Å²) in [7, 11) is 0. The maximum absolute atomic E-state index is 11.8. The normalized spacial score (nSPS) is 11.8. The number of carboxylic acids is 1. The van der Waals surface area contributed by atoms with Gasteiger partial charge in [0, 0.05) is 11.6 Å². The van der Waals surface area contributed by atoms with Crippen molar-refractivity contribution in [1.29, 1.82) is 0 Å². The summed E-state index contributed by atoms with van der Waals surface area (Å²) in [6.07, 6.45) is -0.676. The summed E-state index contributed by atoms with van der Waals surface area (Å²) >= 11 is 5.91. The van der Waals surface area contributed by atoms with Gasteiger partial charge in [-0.1, -0.05) is 11.6 Å². The number of hydrogen-bond acceptors (Lipinski definition) is 4. The first-order valence-corrected chi connectivity index (χ1v) is 6.78. The number of aliphatic carboxylic acids is 1. The van der Waals surface area contributed by atoms with Gasteiger partial charge in [-0.25, -0.2) is 4.79 Å². The third kappa shape index (κ3) is 6.46. The molecule has 0 saturated heterocycles. The van der Waals surface area contributed by atoms with Crippen molar-refractivity contribution >= 4 is 23.5 Å². The minimum atomic E-state index is -1.05. The lowest BCUT2D eigenvalue weighted by Gasteiger charge is -2.15. The van der Waals surface area contributed by atoms with Crippen molar-refractivity contribution in [2.45, 2.75) is 20.0 Å². The number of carbonyl (C=O) groups excluding carboxylic acids is 1. The second-order valence-electron chi connectivity index (χ2n) is 4.41. The predicted molar refractivity (Wildman–Crippen MR) is 77.7 cm³/mol. The first-order valence-electron chi connectivity index (χ1n) is 6.40. The third-order valence-electron chi connectivity index (χ3n) is 2.58. The number of carboxylic acid groups (broad SMARTS) is 1. The van der Waals surface area contributed by atoms with Gasteiger partial charge < -0.3 is 19.9 Å². The number of aryl methyl sites for hydroxylation is 1. The molecule has 0 radical (unpaired) electrons. The van der Waals surface area contributed by atoms with E-state index >= 15 is 0 Å². The molecule has 6 nitrogen and oxygen atoms in total. The molecular weight excluding hydrogens is 298 g/mol. The average molecular weight is 316 g/mol. The summed E-state index contributed by atoms with van der Waals surface area (Å²) in [5.41, 5.74) is 0.865. The number of halogens is 1. The Hall–Kier alpha value is -1.79. The molecule has 21 heavy (non-hydrogen) atoms. The highest BCUT2D eigenvalue weighted by molar-refractivity contribution is 6.31. The van der Waals surface area contributed by atoms with Gasteiger partial charge in [-0.05, 0) is 37.6 Å². The zero-order chi connectivity index (χ0) is 15.8. The molecule has 0 aromatic heterocycles. The Bertz CT molecular complexity index is 506. The minimum absolute atomic E-state index is 0.130. The molecular formula is C14H18ClNO5. The molecule has 2 N–H and O–H groups in total. The van der Waals surface area contributed by atoms with Crippen LogP contribution in [0.1, 0.15) is 12.5 Å². The van der Waals surface area contributed by atoms with E-state index in [-0.39, 0.29) is 25.7 Å². The molecule has 1 aromatic carbocycles. The summed E-state index contributed by atoms with van der Waals surface area (Å²) in [5, 5.41) is 11.6. The van der Waals surface area contributed by atoms with Gasteiger partial charge >= 0.3 is 5.97 Å². The molecule has 1 rings (SSSR count). The molecule has 0 saturated carbocycles. The van der Waals surface area contributed by atoms with Crippen LogP contribution in [0.15, 0.2) is 18.2 Å². The highest BCUT2D eigenvalue weighted by Crippen LogP contribution is 2.21. The molecule has 1 aromatic rings. The largest absolute Gasteiger partial charge is 0.481 e. The van der Waals surface area contributed by atoms with Gasteiger partial charge in [0.25, 0.3) is 5.91 Å². The van der Waals surface area contributed by atoms with Crippen molar-refractivity contribution < 1.29 is 24.2 Å². The van der Waals surface area contributed by atoms with Crippen molar-refractivity contribution in [2.24, 2.45) is 0 Å². The van der Waals surface area contributed by atoms with Crippen molar-refractivity contribution in [3.63, 3.8) is 0 Å². The summed E-state index contributed by atoms with van der Waals surface area (Å²) in [5.74, 6) is -0.792. The fourth-order valence-corrected chi connectivity index (χ4v) is 1.62. The van der Waals surface area contributed by atoms with E-state index in [0.717, 1.165) is 5.56 Å². The van der Waals surface area contributed by atoms with Crippen LogP contribution in [0.25, 0.3) is 0 Å². The van der Waals surface area contributed by atoms with E-state index in [1.807, 2.05) is 6.92 Å². The molecule has 0 spiro atoms. The van der Waals surface area contributed by atoms with Crippen molar-refractivity contribution in [3.05, 3.63) is 28.8 Å². The lowest BCUT2D eigenvalue weighted by molar-refractivity contribution is -0.142. The van der Waals surface area contributed by atoms with Crippen LogP contribution in [0.3, 0.4) is 0 Å². The standard InChI is InChI=1S/C14H18ClNO5/c1-9-7-11(3-4-12(9)15)21-10(2)14(19)16-5-6-20-8-13(17)18/h3-4,7,10H,5-6,8H2,1-2H3,(H,16,19)(H,17,18). The van der Waals surface area contributed by atoms with Crippen molar-refractivity contribution in [2.75, 3.05) is 19.8 Å². The van der Waals surface area contributed by atoms with E-state index in [1.165, 1.54) is 0 Å². The number of benzene rings is 1. The fraction of sp³-hybridized carbons (Fsp3) is 0.429. The van der Waals surface area contributed by atoms with E-state index < -0.39 is 12.1 Å². The Morgan fingerprint density at radius 3 is 2.76 bits per heavy atom. The molecule has 7 heteroatoms. The second-order valence-corrected chi connectivity index (χ2v) is 4.82. The van der Waals surface area contributed by atoms with Gasteiger partial charge in [-0.2, -0.15) is 0 Å². The van der Waals surface area contributed by atoms with Gasteiger partial charge in [0.15, 0.2) is 6.10 Å². The molecule has 1 amide bonds. The second kappa shape index (κ2) is 8.49. The van der Waals surface area contributed by atoms with Crippen LogP contribution in [0.5, 0.6) is 5.75 Å². The zero-order valence-electron chi connectivity index (χ0n) is 11.9. The van der Waals surface area contributed by atoms with Crippen LogP contribution in [0.4, 0.5) is 0 Å². The lowest BCUT2D eigenvalue weighted by Crippen LogP contribution is -2.38. The Labute approximate surface area is 128 Å².